The molecule has 4 heteroatoms. The zero-order valence-electron chi connectivity index (χ0n) is 17.9. The van der Waals surface area contributed by atoms with E-state index in [1.165, 1.54) is 0 Å². The number of fused-ring (bicyclic) bond motifs is 6. The Labute approximate surface area is 205 Å². The minimum absolute atomic E-state index is 0.204. The van der Waals surface area contributed by atoms with Gasteiger partial charge in [0, 0.05) is 5.57 Å². The maximum absolute atomic E-state index is 9.81. The molecule has 6 rings (SSSR count). The molecule has 0 unspecified atom stereocenters. The molecule has 0 heterocycles. The van der Waals surface area contributed by atoms with Gasteiger partial charge in [-0.25, -0.2) is 0 Å². The van der Waals surface area contributed by atoms with E-state index in [1.54, 1.807) is 24.3 Å². The van der Waals surface area contributed by atoms with Gasteiger partial charge in [-0.05, 0) is 90.6 Å². The number of phenols is 2. The first-order chi connectivity index (χ1) is 16.5. The van der Waals surface area contributed by atoms with Crippen LogP contribution in [0.2, 0.25) is 0 Å². The number of benzene rings is 6. The SMILES string of the molecule is Oc1ccc2c(ccc3cc(C(=C(Cl)Cl)c4ccc5c(ccc6cc(O)ccc65)c4)ccc32)c1. The van der Waals surface area contributed by atoms with E-state index in [2.05, 4.69) is 24.3 Å². The van der Waals surface area contributed by atoms with Gasteiger partial charge in [-0.2, -0.15) is 0 Å². The summed E-state index contributed by atoms with van der Waals surface area (Å²) in [7, 11) is 0. The van der Waals surface area contributed by atoms with Crippen molar-refractivity contribution in [2.75, 3.05) is 0 Å². The summed E-state index contributed by atoms with van der Waals surface area (Å²) in [6.07, 6.45) is 0. The molecule has 0 aliphatic heterocycles. The third-order valence-electron chi connectivity index (χ3n) is 6.41. The van der Waals surface area contributed by atoms with Gasteiger partial charge in [-0.15, -0.1) is 0 Å². The van der Waals surface area contributed by atoms with Gasteiger partial charge in [0.1, 0.15) is 16.0 Å². The lowest BCUT2D eigenvalue weighted by molar-refractivity contribution is 0.475. The second kappa shape index (κ2) is 7.95. The molecule has 0 radical (unpaired) electrons. The van der Waals surface area contributed by atoms with Crippen LogP contribution in [0.4, 0.5) is 0 Å². The summed E-state index contributed by atoms with van der Waals surface area (Å²) in [6, 6.07) is 31.3. The summed E-state index contributed by atoms with van der Waals surface area (Å²) in [5.41, 5.74) is 2.62. The summed E-state index contributed by atoms with van der Waals surface area (Å²) >= 11 is 12.9. The molecule has 0 aliphatic carbocycles. The fourth-order valence-corrected chi connectivity index (χ4v) is 5.25. The molecule has 0 atom stereocenters. The van der Waals surface area contributed by atoms with Crippen LogP contribution >= 0.6 is 23.2 Å². The van der Waals surface area contributed by atoms with E-state index in [4.69, 9.17) is 23.2 Å². The van der Waals surface area contributed by atoms with Gasteiger partial charge in [0.2, 0.25) is 0 Å². The highest BCUT2D eigenvalue weighted by Crippen LogP contribution is 2.37. The van der Waals surface area contributed by atoms with Crippen LogP contribution in [0.3, 0.4) is 0 Å². The summed E-state index contributed by atoms with van der Waals surface area (Å²) in [5.74, 6) is 0.506. The molecule has 0 bridgehead atoms. The van der Waals surface area contributed by atoms with Crippen LogP contribution in [0, 0.1) is 0 Å². The van der Waals surface area contributed by atoms with Crippen molar-refractivity contribution in [2.24, 2.45) is 0 Å². The summed E-state index contributed by atoms with van der Waals surface area (Å²) in [5, 5.41) is 28.1. The molecule has 2 nitrogen and oxygen atoms in total. The van der Waals surface area contributed by atoms with Crippen molar-refractivity contribution in [1.82, 2.24) is 0 Å². The molecule has 0 aromatic heterocycles. The van der Waals surface area contributed by atoms with Crippen LogP contribution in [0.15, 0.2) is 102 Å². The number of halogens is 2. The predicted octanol–water partition coefficient (Wildman–Crippen LogP) is 8.91. The molecule has 164 valence electrons. The first-order valence-electron chi connectivity index (χ1n) is 10.8. The Morgan fingerprint density at radius 3 is 1.18 bits per heavy atom. The standard InChI is InChI=1S/C30H18Cl2O2/c31-30(32)29(21-5-9-25-17(13-21)1-3-19-15-23(33)7-11-27(19)25)22-6-10-26-18(14-22)2-4-20-16-24(34)8-12-28(20)26/h1-16,33-34H. The highest BCUT2D eigenvalue weighted by atomic mass is 35.5. The van der Waals surface area contributed by atoms with Crippen molar-refractivity contribution < 1.29 is 10.2 Å². The van der Waals surface area contributed by atoms with Crippen LogP contribution in [0.5, 0.6) is 11.5 Å². The van der Waals surface area contributed by atoms with Crippen LogP contribution < -0.4 is 0 Å². The van der Waals surface area contributed by atoms with E-state index in [1.807, 2.05) is 48.5 Å². The van der Waals surface area contributed by atoms with E-state index in [0.29, 0.717) is 0 Å². The molecule has 0 aliphatic rings. The largest absolute Gasteiger partial charge is 0.508 e. The van der Waals surface area contributed by atoms with Gasteiger partial charge in [-0.3, -0.25) is 0 Å². The maximum Gasteiger partial charge on any atom is 0.116 e. The molecule has 0 fully saturated rings. The Morgan fingerprint density at radius 1 is 0.441 bits per heavy atom. The summed E-state index contributed by atoms with van der Waals surface area (Å²) in [6.45, 7) is 0. The van der Waals surface area contributed by atoms with Crippen molar-refractivity contribution in [3.05, 3.63) is 113 Å². The predicted molar refractivity (Wildman–Crippen MR) is 144 cm³/mol. The summed E-state index contributed by atoms with van der Waals surface area (Å²) < 4.78 is 0.204. The third-order valence-corrected chi connectivity index (χ3v) is 6.78. The van der Waals surface area contributed by atoms with E-state index < -0.39 is 0 Å². The smallest absolute Gasteiger partial charge is 0.116 e. The topological polar surface area (TPSA) is 40.5 Å². The Hall–Kier alpha value is -3.72. The zero-order chi connectivity index (χ0) is 23.4. The lowest BCUT2D eigenvalue weighted by Gasteiger charge is -2.13. The Morgan fingerprint density at radius 2 is 0.794 bits per heavy atom. The van der Waals surface area contributed by atoms with Gasteiger partial charge >= 0.3 is 0 Å². The van der Waals surface area contributed by atoms with Gasteiger partial charge in [0.15, 0.2) is 0 Å². The van der Waals surface area contributed by atoms with Crippen LogP contribution in [0.25, 0.3) is 48.7 Å². The molecule has 0 spiro atoms. The quantitative estimate of drug-likeness (QED) is 0.243. The number of hydrogen-bond donors (Lipinski definition) is 2. The molecular weight excluding hydrogens is 463 g/mol. The minimum atomic E-state index is 0.204. The van der Waals surface area contributed by atoms with E-state index >= 15 is 0 Å². The van der Waals surface area contributed by atoms with E-state index in [9.17, 15) is 10.2 Å². The fraction of sp³-hybridized carbons (Fsp3) is 0. The highest BCUT2D eigenvalue weighted by Gasteiger charge is 2.13. The molecule has 6 aromatic rings. The van der Waals surface area contributed by atoms with Gasteiger partial charge in [0.05, 0.1) is 0 Å². The maximum atomic E-state index is 9.81. The lowest BCUT2D eigenvalue weighted by Crippen LogP contribution is -1.91. The molecule has 0 saturated heterocycles. The number of aromatic hydroxyl groups is 2. The van der Waals surface area contributed by atoms with Crippen molar-refractivity contribution in [1.29, 1.82) is 0 Å². The van der Waals surface area contributed by atoms with E-state index in [-0.39, 0.29) is 16.0 Å². The average molecular weight is 481 g/mol. The molecule has 6 aromatic carbocycles. The number of phenolic OH excluding ortho intramolecular Hbond substituents is 2. The molecule has 34 heavy (non-hydrogen) atoms. The molecule has 2 N–H and O–H groups in total. The second-order valence-electron chi connectivity index (χ2n) is 8.45. The number of rotatable bonds is 2. The van der Waals surface area contributed by atoms with Gasteiger partial charge < -0.3 is 10.2 Å². The highest BCUT2D eigenvalue weighted by molar-refractivity contribution is 6.59. The second-order valence-corrected chi connectivity index (χ2v) is 9.40. The fourth-order valence-electron chi connectivity index (χ4n) is 4.81. The first-order valence-corrected chi connectivity index (χ1v) is 11.6. The monoisotopic (exact) mass is 480 g/mol. The van der Waals surface area contributed by atoms with Crippen molar-refractivity contribution in [3.63, 3.8) is 0 Å². The molecule has 0 saturated carbocycles. The van der Waals surface area contributed by atoms with Crippen LogP contribution in [-0.2, 0) is 0 Å². The Kier molecular flexibility index (Phi) is 4.88. The van der Waals surface area contributed by atoms with E-state index in [0.717, 1.165) is 59.8 Å². The van der Waals surface area contributed by atoms with Gasteiger partial charge in [-0.1, -0.05) is 83.9 Å². The van der Waals surface area contributed by atoms with Crippen molar-refractivity contribution >= 4 is 71.9 Å². The molecule has 0 amide bonds. The molecular formula is C30H18Cl2O2. The Bertz CT molecular complexity index is 1670. The number of hydrogen-bond acceptors (Lipinski definition) is 2. The Balaban J connectivity index is 1.51. The third kappa shape index (κ3) is 3.43. The first kappa shape index (κ1) is 20.9. The summed E-state index contributed by atoms with van der Waals surface area (Å²) in [4.78, 5) is 0. The van der Waals surface area contributed by atoms with Crippen LogP contribution in [0.1, 0.15) is 11.1 Å². The van der Waals surface area contributed by atoms with Gasteiger partial charge in [0.25, 0.3) is 0 Å². The minimum Gasteiger partial charge on any atom is -0.508 e. The van der Waals surface area contributed by atoms with Crippen molar-refractivity contribution in [3.8, 4) is 11.5 Å². The average Bonchev–Trinajstić information content (AvgIpc) is 2.83. The van der Waals surface area contributed by atoms with Crippen molar-refractivity contribution in [2.45, 2.75) is 0 Å². The normalized spacial score (nSPS) is 11.5. The zero-order valence-corrected chi connectivity index (χ0v) is 19.4. The lowest BCUT2D eigenvalue weighted by atomic mass is 9.92. The van der Waals surface area contributed by atoms with Crippen LogP contribution in [-0.4, -0.2) is 10.2 Å².